The number of hydrogen-bond acceptors (Lipinski definition) is 8. The van der Waals surface area contributed by atoms with E-state index < -0.39 is 23.4 Å². The summed E-state index contributed by atoms with van der Waals surface area (Å²) in [7, 11) is -3.84. The van der Waals surface area contributed by atoms with Gasteiger partial charge in [0.1, 0.15) is 13.3 Å². The molecular weight excluding hydrogens is 795 g/mol. The highest BCUT2D eigenvalue weighted by Crippen LogP contribution is 2.37. The number of carbonyl (C=O) groups excluding carboxylic acids is 2. The fourth-order valence-corrected chi connectivity index (χ4v) is 9.98. The number of nitrogens with zero attached hydrogens (tertiary/aromatic N) is 9. The number of urea groups is 2. The van der Waals surface area contributed by atoms with Gasteiger partial charge in [-0.1, -0.05) is 44.4 Å². The number of rotatable bonds is 10. The molecule has 9 rings (SSSR count). The van der Waals surface area contributed by atoms with Crippen LogP contribution in [-0.2, 0) is 10.0 Å². The van der Waals surface area contributed by atoms with E-state index in [-0.39, 0.29) is 47.8 Å². The van der Waals surface area contributed by atoms with Gasteiger partial charge in [-0.2, -0.15) is 0 Å². The normalized spacial score (nSPS) is 19.4. The molecule has 4 atom stereocenters. The van der Waals surface area contributed by atoms with Crippen LogP contribution in [-0.4, -0.2) is 121 Å². The molecule has 6 aromatic heterocycles. The maximum Gasteiger partial charge on any atom is 0.317 e. The van der Waals surface area contributed by atoms with Crippen molar-refractivity contribution in [3.63, 3.8) is 0 Å². The molecule has 1 aromatic carbocycles. The molecule has 0 spiro atoms. The SMILES string of the molecule is CC[C@@H]1CN(C(=O)NCCF)C[C@@H]1c1cnc2cnc3[nH]ccc3n12.CC[C@@H]1CN(C(=O)NCCF)C[C@@H]1c1cnc2cnc3c(ccn3S(=O)(=O)c3ccc(C)cc3)n12. The predicted octanol–water partition coefficient (Wildman–Crippen LogP) is 5.65. The van der Waals surface area contributed by atoms with Crippen molar-refractivity contribution in [2.75, 3.05) is 52.6 Å². The molecule has 0 saturated carbocycles. The number of nitrogens with one attached hydrogen (secondary N) is 3. The van der Waals surface area contributed by atoms with Gasteiger partial charge in [-0.15, -0.1) is 0 Å². The average molecular weight is 843 g/mol. The molecule has 7 aromatic rings. The van der Waals surface area contributed by atoms with Crippen LogP contribution in [0.3, 0.4) is 0 Å². The molecule has 316 valence electrons. The molecule has 4 amide bonds. The molecule has 16 nitrogen and oxygen atoms in total. The van der Waals surface area contributed by atoms with Crippen molar-refractivity contribution in [1.82, 2.24) is 58.1 Å². The number of carbonyl (C=O) groups is 2. The number of halogens is 2. The Kier molecular flexibility index (Phi) is 11.4. The fraction of sp³-hybridized carbons (Fsp3) is 0.415. The van der Waals surface area contributed by atoms with Crippen LogP contribution in [0.1, 0.15) is 55.5 Å². The standard InChI is InChI=1S/C24H27FN6O3S.C17H21FN6O/c1-3-17-14-29(24(32)26-10-9-25)15-19(17)21-12-27-22-13-28-23-20(31(21)22)8-11-30(23)35(33,34)18-6-4-16(2)5-7-18;1-2-11-9-23(17(25)20-6-4-18)10-12(11)14-7-21-15-8-22-16-13(24(14)15)3-5-19-16/h4-8,11-13,17,19H,3,9-10,14-15H2,1-2H3,(H,26,32);3,5,7-8,11-12,19H,2,4,6,9-10H2,1H3,(H,20,25)/t17-,19+;11-,12+/m11/s1. The largest absolute Gasteiger partial charge is 0.345 e. The Hall–Kier alpha value is -6.11. The van der Waals surface area contributed by atoms with E-state index in [1.54, 1.807) is 58.7 Å². The van der Waals surface area contributed by atoms with Crippen LogP contribution in [0.5, 0.6) is 0 Å². The summed E-state index contributed by atoms with van der Waals surface area (Å²) >= 11 is 0. The second kappa shape index (κ2) is 16.9. The lowest BCUT2D eigenvalue weighted by atomic mass is 9.91. The number of aryl methyl sites for hydroxylation is 1. The zero-order valence-corrected chi connectivity index (χ0v) is 34.4. The van der Waals surface area contributed by atoms with E-state index in [0.29, 0.717) is 48.9 Å². The second-order valence-corrected chi connectivity index (χ2v) is 17.1. The Morgan fingerprint density at radius 3 is 1.83 bits per heavy atom. The Balaban J connectivity index is 0.000000176. The smallest absolute Gasteiger partial charge is 0.317 e. The molecule has 60 heavy (non-hydrogen) atoms. The lowest BCUT2D eigenvalue weighted by molar-refractivity contribution is 0.205. The van der Waals surface area contributed by atoms with Crippen molar-refractivity contribution in [2.45, 2.75) is 50.3 Å². The van der Waals surface area contributed by atoms with Crippen molar-refractivity contribution >= 4 is 55.7 Å². The maximum atomic E-state index is 13.4. The lowest BCUT2D eigenvalue weighted by Gasteiger charge is -2.17. The number of hydrogen-bond donors (Lipinski definition) is 3. The number of fused-ring (bicyclic) bond motifs is 6. The third kappa shape index (κ3) is 7.39. The molecule has 2 fully saturated rings. The molecule has 2 aliphatic heterocycles. The number of aromatic nitrogens is 8. The van der Waals surface area contributed by atoms with E-state index in [1.165, 1.54) is 10.2 Å². The van der Waals surface area contributed by atoms with Gasteiger partial charge in [0.05, 0.1) is 28.3 Å². The quantitative estimate of drug-likeness (QED) is 0.158. The highest BCUT2D eigenvalue weighted by molar-refractivity contribution is 7.90. The first kappa shape index (κ1) is 40.7. The Morgan fingerprint density at radius 1 is 0.733 bits per heavy atom. The van der Waals surface area contributed by atoms with Crippen molar-refractivity contribution in [3.05, 3.63) is 90.5 Å². The summed E-state index contributed by atoms with van der Waals surface area (Å²) in [6.45, 7) is 7.31. The number of benzene rings is 1. The van der Waals surface area contributed by atoms with Crippen LogP contribution in [0.2, 0.25) is 0 Å². The van der Waals surface area contributed by atoms with Gasteiger partial charge in [-0.05, 0) is 43.0 Å². The Morgan fingerprint density at radius 2 is 1.28 bits per heavy atom. The topological polar surface area (TPSA) is 180 Å². The maximum absolute atomic E-state index is 13.4. The van der Waals surface area contributed by atoms with Gasteiger partial charge in [-0.25, -0.2) is 50.7 Å². The van der Waals surface area contributed by atoms with Gasteiger partial charge in [0.15, 0.2) is 22.6 Å². The molecule has 19 heteroatoms. The minimum absolute atomic E-state index is 0.00576. The Bertz CT molecular complexity index is 2760. The molecule has 0 unspecified atom stereocenters. The third-order valence-electron chi connectivity index (χ3n) is 11.8. The van der Waals surface area contributed by atoms with Crippen LogP contribution >= 0.6 is 0 Å². The van der Waals surface area contributed by atoms with Crippen molar-refractivity contribution in [3.8, 4) is 0 Å². The number of imidazole rings is 2. The van der Waals surface area contributed by atoms with E-state index in [4.69, 9.17) is 0 Å². The van der Waals surface area contributed by atoms with Crippen LogP contribution in [0.15, 0.2) is 78.5 Å². The average Bonchev–Trinajstić information content (AvgIpc) is 4.11. The van der Waals surface area contributed by atoms with Gasteiger partial charge < -0.3 is 25.4 Å². The number of amides is 4. The molecule has 8 heterocycles. The van der Waals surface area contributed by atoms with Crippen LogP contribution in [0, 0.1) is 18.8 Å². The van der Waals surface area contributed by atoms with E-state index in [9.17, 15) is 26.8 Å². The molecule has 0 radical (unpaired) electrons. The highest BCUT2D eigenvalue weighted by Gasteiger charge is 2.38. The first-order chi connectivity index (χ1) is 29.1. The molecule has 0 bridgehead atoms. The molecule has 2 aliphatic rings. The fourth-order valence-electron chi connectivity index (χ4n) is 8.68. The highest BCUT2D eigenvalue weighted by atomic mass is 32.2. The minimum Gasteiger partial charge on any atom is -0.345 e. The van der Waals surface area contributed by atoms with Gasteiger partial charge in [0, 0.05) is 87.3 Å². The summed E-state index contributed by atoms with van der Waals surface area (Å²) in [5.74, 6) is 0.719. The summed E-state index contributed by atoms with van der Waals surface area (Å²) in [5.41, 5.74) is 7.10. The van der Waals surface area contributed by atoms with E-state index >= 15 is 0 Å². The molecule has 3 N–H and O–H groups in total. The van der Waals surface area contributed by atoms with Gasteiger partial charge in [-0.3, -0.25) is 8.80 Å². The first-order valence-corrected chi connectivity index (χ1v) is 21.6. The molecule has 0 aliphatic carbocycles. The third-order valence-corrected chi connectivity index (χ3v) is 13.5. The van der Waals surface area contributed by atoms with Gasteiger partial charge >= 0.3 is 12.1 Å². The van der Waals surface area contributed by atoms with E-state index in [0.717, 1.165) is 46.6 Å². The summed E-state index contributed by atoms with van der Waals surface area (Å²) < 4.78 is 56.8. The minimum atomic E-state index is -3.84. The van der Waals surface area contributed by atoms with Crippen molar-refractivity contribution in [1.29, 1.82) is 0 Å². The first-order valence-electron chi connectivity index (χ1n) is 20.2. The number of aromatic amines is 1. The molecule has 2 saturated heterocycles. The summed E-state index contributed by atoms with van der Waals surface area (Å²) in [4.78, 5) is 49.3. The number of H-pyrrole nitrogens is 1. The molecular formula is C41H48F2N12O4S. The van der Waals surface area contributed by atoms with Crippen LogP contribution in [0.25, 0.3) is 33.6 Å². The van der Waals surface area contributed by atoms with Gasteiger partial charge in [0.25, 0.3) is 10.0 Å². The van der Waals surface area contributed by atoms with Crippen molar-refractivity contribution in [2.24, 2.45) is 11.8 Å². The van der Waals surface area contributed by atoms with Crippen molar-refractivity contribution < 1.29 is 26.8 Å². The predicted molar refractivity (Wildman–Crippen MR) is 222 cm³/mol. The zero-order chi connectivity index (χ0) is 42.1. The monoisotopic (exact) mass is 842 g/mol. The summed E-state index contributed by atoms with van der Waals surface area (Å²) in [6, 6.07) is 9.95. The summed E-state index contributed by atoms with van der Waals surface area (Å²) in [6.07, 6.45) is 12.2. The van der Waals surface area contributed by atoms with Gasteiger partial charge in [0.2, 0.25) is 0 Å². The van der Waals surface area contributed by atoms with Crippen LogP contribution < -0.4 is 10.6 Å². The summed E-state index contributed by atoms with van der Waals surface area (Å²) in [5, 5.41) is 5.22. The van der Waals surface area contributed by atoms with Crippen LogP contribution in [0.4, 0.5) is 18.4 Å². The van der Waals surface area contributed by atoms with E-state index in [2.05, 4.69) is 53.8 Å². The Labute approximate surface area is 345 Å². The zero-order valence-electron chi connectivity index (χ0n) is 33.6. The number of likely N-dealkylation sites (tertiary alicyclic amines) is 2. The second-order valence-electron chi connectivity index (χ2n) is 15.3. The lowest BCUT2D eigenvalue weighted by Crippen LogP contribution is -2.39. The van der Waals surface area contributed by atoms with E-state index in [1.807, 2.05) is 29.8 Å². The number of alkyl halides is 2.